The molecule has 0 spiro atoms. The summed E-state index contributed by atoms with van der Waals surface area (Å²) in [6, 6.07) is 15.4. The largest absolute Gasteiger partial charge is 0.497 e. The Balaban J connectivity index is 2.38. The second-order valence-corrected chi connectivity index (χ2v) is 6.05. The highest BCUT2D eigenvalue weighted by molar-refractivity contribution is 9.10. The molecule has 0 bridgehead atoms. The first kappa shape index (κ1) is 16.0. The number of benzene rings is 2. The highest BCUT2D eigenvalue weighted by Crippen LogP contribution is 2.30. The Morgan fingerprint density at radius 1 is 1.05 bits per heavy atom. The number of aliphatic hydroxyl groups is 2. The van der Waals surface area contributed by atoms with Gasteiger partial charge >= 0.3 is 0 Å². The van der Waals surface area contributed by atoms with E-state index in [1.165, 1.54) is 0 Å². The zero-order chi connectivity index (χ0) is 15.3. The summed E-state index contributed by atoms with van der Waals surface area (Å²) in [7, 11) is 1.62. The van der Waals surface area contributed by atoms with Crippen LogP contribution in [0, 0.1) is 0 Å². The van der Waals surface area contributed by atoms with Gasteiger partial charge in [-0.15, -0.1) is 0 Å². The van der Waals surface area contributed by atoms with Gasteiger partial charge in [-0.2, -0.15) is 0 Å². The lowest BCUT2D eigenvalue weighted by atomic mass is 9.77. The fraction of sp³-hybridized carbons (Fsp3) is 0.294. The van der Waals surface area contributed by atoms with Gasteiger partial charge in [0, 0.05) is 9.89 Å². The summed E-state index contributed by atoms with van der Waals surface area (Å²) >= 11 is 3.44. The maximum absolute atomic E-state index is 9.90. The number of hydrogen-bond donors (Lipinski definition) is 2. The van der Waals surface area contributed by atoms with Gasteiger partial charge < -0.3 is 14.9 Å². The predicted octanol–water partition coefficient (Wildman–Crippen LogP) is 2.92. The molecule has 2 aromatic rings. The topological polar surface area (TPSA) is 49.7 Å². The Morgan fingerprint density at radius 3 is 2.38 bits per heavy atom. The van der Waals surface area contributed by atoms with E-state index in [0.29, 0.717) is 6.42 Å². The van der Waals surface area contributed by atoms with Crippen molar-refractivity contribution in [3.8, 4) is 5.75 Å². The Hall–Kier alpha value is -1.36. The molecule has 4 heteroatoms. The molecule has 112 valence electrons. The number of hydrogen-bond acceptors (Lipinski definition) is 3. The van der Waals surface area contributed by atoms with E-state index in [1.54, 1.807) is 7.11 Å². The molecule has 21 heavy (non-hydrogen) atoms. The van der Waals surface area contributed by atoms with E-state index in [2.05, 4.69) is 15.9 Å². The minimum Gasteiger partial charge on any atom is -0.497 e. The van der Waals surface area contributed by atoms with Crippen molar-refractivity contribution >= 4 is 15.9 Å². The summed E-state index contributed by atoms with van der Waals surface area (Å²) in [4.78, 5) is 0. The van der Waals surface area contributed by atoms with Crippen LogP contribution in [0.15, 0.2) is 53.0 Å². The molecule has 0 radical (unpaired) electrons. The Morgan fingerprint density at radius 2 is 1.76 bits per heavy atom. The third-order valence-corrected chi connectivity index (χ3v) is 4.21. The molecule has 0 aromatic heterocycles. The van der Waals surface area contributed by atoms with Crippen LogP contribution >= 0.6 is 15.9 Å². The van der Waals surface area contributed by atoms with Crippen molar-refractivity contribution in [3.05, 3.63) is 64.1 Å². The van der Waals surface area contributed by atoms with Gasteiger partial charge in [0.2, 0.25) is 0 Å². The molecule has 2 N–H and O–H groups in total. The summed E-state index contributed by atoms with van der Waals surface area (Å²) in [5.41, 5.74) is 1.21. The predicted molar refractivity (Wildman–Crippen MR) is 86.7 cm³/mol. The molecule has 0 heterocycles. The van der Waals surface area contributed by atoms with Crippen molar-refractivity contribution in [2.24, 2.45) is 0 Å². The van der Waals surface area contributed by atoms with Crippen LogP contribution in [-0.2, 0) is 11.8 Å². The molecule has 0 fully saturated rings. The minimum atomic E-state index is -0.712. The van der Waals surface area contributed by atoms with Gasteiger partial charge in [-0.05, 0) is 41.8 Å². The van der Waals surface area contributed by atoms with Gasteiger partial charge in [0.15, 0.2) is 0 Å². The second-order valence-electron chi connectivity index (χ2n) is 5.14. The lowest BCUT2D eigenvalue weighted by Gasteiger charge is -2.31. The van der Waals surface area contributed by atoms with Crippen molar-refractivity contribution in [1.82, 2.24) is 0 Å². The first-order valence-corrected chi connectivity index (χ1v) is 7.53. The molecule has 0 aliphatic heterocycles. The Labute approximate surface area is 133 Å². The van der Waals surface area contributed by atoms with E-state index in [-0.39, 0.29) is 13.2 Å². The number of halogens is 1. The maximum atomic E-state index is 9.90. The summed E-state index contributed by atoms with van der Waals surface area (Å²) in [5, 5.41) is 19.8. The van der Waals surface area contributed by atoms with E-state index < -0.39 is 5.41 Å². The molecule has 0 unspecified atom stereocenters. The lowest BCUT2D eigenvalue weighted by molar-refractivity contribution is 0.116. The van der Waals surface area contributed by atoms with E-state index in [1.807, 2.05) is 48.5 Å². The van der Waals surface area contributed by atoms with Crippen LogP contribution < -0.4 is 4.74 Å². The van der Waals surface area contributed by atoms with Crippen LogP contribution in [0.25, 0.3) is 0 Å². The van der Waals surface area contributed by atoms with Crippen LogP contribution in [0.3, 0.4) is 0 Å². The van der Waals surface area contributed by atoms with Crippen molar-refractivity contribution in [3.63, 3.8) is 0 Å². The molecular formula is C17H19BrO3. The number of aliphatic hydroxyl groups excluding tert-OH is 2. The first-order valence-electron chi connectivity index (χ1n) is 6.74. The van der Waals surface area contributed by atoms with Crippen molar-refractivity contribution in [2.45, 2.75) is 11.8 Å². The van der Waals surface area contributed by atoms with Crippen molar-refractivity contribution in [1.29, 1.82) is 0 Å². The molecule has 0 saturated heterocycles. The maximum Gasteiger partial charge on any atom is 0.119 e. The minimum absolute atomic E-state index is 0.128. The zero-order valence-corrected chi connectivity index (χ0v) is 13.5. The lowest BCUT2D eigenvalue weighted by Crippen LogP contribution is -2.37. The summed E-state index contributed by atoms with van der Waals surface area (Å²) in [6.45, 7) is -0.256. The van der Waals surface area contributed by atoms with Gasteiger partial charge in [0.05, 0.1) is 20.3 Å². The van der Waals surface area contributed by atoms with E-state index >= 15 is 0 Å². The first-order chi connectivity index (χ1) is 10.1. The van der Waals surface area contributed by atoms with Gasteiger partial charge in [-0.1, -0.05) is 40.2 Å². The SMILES string of the molecule is COc1cccc(CC(CO)(CO)c2cccc(Br)c2)c1. The molecule has 0 aliphatic carbocycles. The quantitative estimate of drug-likeness (QED) is 0.841. The molecule has 2 rings (SSSR count). The smallest absolute Gasteiger partial charge is 0.119 e. The highest BCUT2D eigenvalue weighted by atomic mass is 79.9. The fourth-order valence-electron chi connectivity index (χ4n) is 2.44. The van der Waals surface area contributed by atoms with Crippen molar-refractivity contribution in [2.75, 3.05) is 20.3 Å². The van der Waals surface area contributed by atoms with Crippen LogP contribution in [0.1, 0.15) is 11.1 Å². The average molecular weight is 351 g/mol. The van der Waals surface area contributed by atoms with E-state index in [9.17, 15) is 10.2 Å². The van der Waals surface area contributed by atoms with E-state index in [4.69, 9.17) is 4.74 Å². The van der Waals surface area contributed by atoms with Crippen molar-refractivity contribution < 1.29 is 14.9 Å². The van der Waals surface area contributed by atoms with Crippen LogP contribution in [-0.4, -0.2) is 30.5 Å². The normalized spacial score (nSPS) is 11.4. The van der Waals surface area contributed by atoms with Crippen LogP contribution in [0.5, 0.6) is 5.75 Å². The molecule has 0 atom stereocenters. The van der Waals surface area contributed by atoms with Gasteiger partial charge in [0.25, 0.3) is 0 Å². The van der Waals surface area contributed by atoms with Crippen LogP contribution in [0.2, 0.25) is 0 Å². The highest BCUT2D eigenvalue weighted by Gasteiger charge is 2.31. The summed E-state index contributed by atoms with van der Waals surface area (Å²) in [5.74, 6) is 0.770. The summed E-state index contributed by atoms with van der Waals surface area (Å²) in [6.07, 6.45) is 0.535. The van der Waals surface area contributed by atoms with Gasteiger partial charge in [-0.3, -0.25) is 0 Å². The standard InChI is InChI=1S/C17H19BrO3/c1-21-16-7-2-4-13(8-16)10-17(11-19,12-20)14-5-3-6-15(18)9-14/h2-9,19-20H,10-12H2,1H3. The fourth-order valence-corrected chi connectivity index (χ4v) is 2.84. The monoisotopic (exact) mass is 350 g/mol. The molecule has 0 saturated carbocycles. The average Bonchev–Trinajstić information content (AvgIpc) is 2.53. The number of ether oxygens (including phenoxy) is 1. The zero-order valence-electron chi connectivity index (χ0n) is 11.9. The Kier molecular flexibility index (Phi) is 5.39. The molecule has 0 aliphatic rings. The third-order valence-electron chi connectivity index (χ3n) is 3.72. The van der Waals surface area contributed by atoms with Crippen LogP contribution in [0.4, 0.5) is 0 Å². The van der Waals surface area contributed by atoms with Gasteiger partial charge in [-0.25, -0.2) is 0 Å². The second kappa shape index (κ2) is 7.07. The van der Waals surface area contributed by atoms with Gasteiger partial charge in [0.1, 0.15) is 5.75 Å². The molecular weight excluding hydrogens is 332 g/mol. The molecule has 3 nitrogen and oxygen atoms in total. The molecule has 2 aromatic carbocycles. The number of methoxy groups -OCH3 is 1. The third kappa shape index (κ3) is 3.64. The Bertz CT molecular complexity index is 594. The van der Waals surface area contributed by atoms with E-state index in [0.717, 1.165) is 21.3 Å². The summed E-state index contributed by atoms with van der Waals surface area (Å²) < 4.78 is 6.16. The molecule has 0 amide bonds. The number of rotatable bonds is 6.